The molecule has 0 heterocycles. The Balaban J connectivity index is 5.30. The average molecular weight is 1480 g/mol. The molecular formula is C82H156O17P2. The number of aliphatic hydroxyl groups is 1. The minimum atomic E-state index is -4.97. The second-order valence-electron chi connectivity index (χ2n) is 30.0. The molecule has 0 aliphatic carbocycles. The first kappa shape index (κ1) is 98.5. The first-order chi connectivity index (χ1) is 48.8. The second-order valence-corrected chi connectivity index (χ2v) is 32.9. The number of hydrogen-bond acceptors (Lipinski definition) is 15. The lowest BCUT2D eigenvalue weighted by Gasteiger charge is -2.21. The number of unbranched alkanes of at least 4 members (excludes halogenated alkanes) is 42. The van der Waals surface area contributed by atoms with E-state index in [1.165, 1.54) is 199 Å². The number of allylic oxidation sites excluding steroid dienone is 4. The molecule has 0 amide bonds. The molecule has 596 valence electrons. The Hall–Kier alpha value is -2.46. The van der Waals surface area contributed by atoms with Crippen LogP contribution in [-0.2, 0) is 65.4 Å². The summed E-state index contributed by atoms with van der Waals surface area (Å²) >= 11 is 0. The van der Waals surface area contributed by atoms with E-state index in [4.69, 9.17) is 37.0 Å². The van der Waals surface area contributed by atoms with E-state index in [9.17, 15) is 43.2 Å². The van der Waals surface area contributed by atoms with Crippen LogP contribution in [0.4, 0.5) is 0 Å². The third-order valence-electron chi connectivity index (χ3n) is 18.9. The van der Waals surface area contributed by atoms with Crippen molar-refractivity contribution in [3.63, 3.8) is 0 Å². The number of ether oxygens (including phenoxy) is 4. The maximum atomic E-state index is 13.1. The van der Waals surface area contributed by atoms with Crippen molar-refractivity contribution in [2.45, 2.75) is 420 Å². The van der Waals surface area contributed by atoms with Crippen LogP contribution in [0.25, 0.3) is 0 Å². The molecule has 3 N–H and O–H groups in total. The SMILES string of the molecule is CCCCCC/C=C\C=C/CCCCCCCC(=O)O[C@H](COC(=O)CCCCCCCCCCC(C)CC)COP(=O)(O)OC[C@H](O)COP(=O)(O)OC[C@@H](COC(=O)CCCCCCCCCCCCCCCC(C)C)OC(=O)CCCCCCCCCCCCCCCCCC(C)C. The molecule has 19 heteroatoms. The second kappa shape index (κ2) is 71.8. The minimum absolute atomic E-state index is 0.0845. The molecule has 0 radical (unpaired) electrons. The molecule has 101 heavy (non-hydrogen) atoms. The van der Waals surface area contributed by atoms with Crippen molar-refractivity contribution in [1.29, 1.82) is 0 Å². The number of hydrogen-bond donors (Lipinski definition) is 3. The molecule has 0 fully saturated rings. The molecule has 0 rings (SSSR count). The molecular weight excluding hydrogens is 1320 g/mol. The number of phosphoric ester groups is 2. The van der Waals surface area contributed by atoms with Crippen LogP contribution < -0.4 is 0 Å². The zero-order chi connectivity index (χ0) is 74.4. The van der Waals surface area contributed by atoms with Gasteiger partial charge in [0.1, 0.15) is 19.3 Å². The van der Waals surface area contributed by atoms with Crippen LogP contribution >= 0.6 is 15.6 Å². The zero-order valence-corrected chi connectivity index (χ0v) is 67.6. The van der Waals surface area contributed by atoms with Gasteiger partial charge in [-0.05, 0) is 69.1 Å². The van der Waals surface area contributed by atoms with Gasteiger partial charge in [-0.25, -0.2) is 9.13 Å². The maximum absolute atomic E-state index is 13.1. The van der Waals surface area contributed by atoms with Gasteiger partial charge < -0.3 is 33.8 Å². The predicted molar refractivity (Wildman–Crippen MR) is 414 cm³/mol. The summed E-state index contributed by atoms with van der Waals surface area (Å²) in [5, 5.41) is 10.6. The highest BCUT2D eigenvalue weighted by molar-refractivity contribution is 7.47. The summed E-state index contributed by atoms with van der Waals surface area (Å²) in [5.74, 6) is 0.226. The molecule has 0 saturated carbocycles. The van der Waals surface area contributed by atoms with E-state index >= 15 is 0 Å². The van der Waals surface area contributed by atoms with E-state index in [-0.39, 0.29) is 25.7 Å². The van der Waals surface area contributed by atoms with E-state index in [0.717, 1.165) is 120 Å². The Morgan fingerprint density at radius 2 is 0.584 bits per heavy atom. The van der Waals surface area contributed by atoms with Crippen molar-refractivity contribution in [3.8, 4) is 0 Å². The normalized spacial score (nSPS) is 14.4. The molecule has 0 saturated heterocycles. The van der Waals surface area contributed by atoms with Crippen molar-refractivity contribution in [2.75, 3.05) is 39.6 Å². The van der Waals surface area contributed by atoms with Gasteiger partial charge in [-0.3, -0.25) is 37.3 Å². The van der Waals surface area contributed by atoms with Gasteiger partial charge in [0.2, 0.25) is 0 Å². The monoisotopic (exact) mass is 1480 g/mol. The average Bonchev–Trinajstić information content (AvgIpc) is 1.06. The standard InChI is InChI=1S/C82H156O17P2/c1-8-10-11-12-13-14-15-16-18-24-30-35-44-51-58-65-82(87)99-78(70-93-80(85)64-57-50-43-38-37-41-48-55-62-75(7)9-2)72-97-101(90,91)95-68-76(83)67-94-100(88,89)96-71-77(69-92-79(84)63-56-49-42-34-29-26-21-23-28-33-40-47-54-61-74(5)6)98-81(86)66-59-52-45-36-31-25-20-17-19-22-27-32-39-46-53-60-73(3)4/h14-16,18,73-78,83H,8-13,17,19-72H2,1-7H3,(H,88,89)(H,90,91)/b15-14-,18-16-/t75?,76-,77-,78-/m1/s1. The lowest BCUT2D eigenvalue weighted by Crippen LogP contribution is -2.30. The van der Waals surface area contributed by atoms with Crippen LogP contribution in [-0.4, -0.2) is 96.7 Å². The van der Waals surface area contributed by atoms with Gasteiger partial charge in [0.15, 0.2) is 12.2 Å². The number of carbonyl (C=O) groups is 4. The molecule has 0 aromatic carbocycles. The Morgan fingerprint density at radius 1 is 0.327 bits per heavy atom. The van der Waals surface area contributed by atoms with Crippen molar-refractivity contribution >= 4 is 39.5 Å². The van der Waals surface area contributed by atoms with E-state index in [2.05, 4.69) is 72.8 Å². The number of phosphoric acid groups is 2. The van der Waals surface area contributed by atoms with Crippen molar-refractivity contribution in [1.82, 2.24) is 0 Å². The summed E-state index contributed by atoms with van der Waals surface area (Å²) < 4.78 is 68.7. The molecule has 0 aliphatic rings. The van der Waals surface area contributed by atoms with Crippen LogP contribution in [0.3, 0.4) is 0 Å². The molecule has 6 atom stereocenters. The fourth-order valence-corrected chi connectivity index (χ4v) is 13.7. The van der Waals surface area contributed by atoms with E-state index in [1.807, 2.05) is 0 Å². The minimum Gasteiger partial charge on any atom is -0.462 e. The molecule has 0 bridgehead atoms. The summed E-state index contributed by atoms with van der Waals surface area (Å²) in [6.45, 7) is 11.9. The van der Waals surface area contributed by atoms with Crippen LogP contribution in [0.5, 0.6) is 0 Å². The van der Waals surface area contributed by atoms with Gasteiger partial charge in [-0.15, -0.1) is 0 Å². The molecule has 0 aromatic rings. The van der Waals surface area contributed by atoms with Crippen molar-refractivity contribution in [2.24, 2.45) is 17.8 Å². The molecule has 0 aromatic heterocycles. The lowest BCUT2D eigenvalue weighted by molar-refractivity contribution is -0.161. The van der Waals surface area contributed by atoms with E-state index in [0.29, 0.717) is 25.7 Å². The third-order valence-corrected chi connectivity index (χ3v) is 20.8. The first-order valence-electron chi connectivity index (χ1n) is 41.7. The van der Waals surface area contributed by atoms with Crippen LogP contribution in [0.15, 0.2) is 24.3 Å². The summed E-state index contributed by atoms with van der Waals surface area (Å²) in [4.78, 5) is 73.1. The third kappa shape index (κ3) is 74.2. The Bertz CT molecular complexity index is 2050. The number of rotatable bonds is 78. The highest BCUT2D eigenvalue weighted by Gasteiger charge is 2.30. The van der Waals surface area contributed by atoms with Gasteiger partial charge >= 0.3 is 39.5 Å². The quantitative estimate of drug-likeness (QED) is 0.0169. The van der Waals surface area contributed by atoms with Gasteiger partial charge in [0.25, 0.3) is 0 Å². The summed E-state index contributed by atoms with van der Waals surface area (Å²) in [6, 6.07) is 0. The van der Waals surface area contributed by atoms with Gasteiger partial charge in [0, 0.05) is 25.7 Å². The van der Waals surface area contributed by atoms with E-state index in [1.54, 1.807) is 0 Å². The fraction of sp³-hybridized carbons (Fsp3) is 0.902. The number of esters is 4. The van der Waals surface area contributed by atoms with Gasteiger partial charge in [-0.2, -0.15) is 0 Å². The molecule has 0 spiro atoms. The van der Waals surface area contributed by atoms with Crippen molar-refractivity contribution in [3.05, 3.63) is 24.3 Å². The highest BCUT2D eigenvalue weighted by Crippen LogP contribution is 2.45. The number of carbonyl (C=O) groups excluding carboxylic acids is 4. The fourth-order valence-electron chi connectivity index (χ4n) is 12.1. The molecule has 17 nitrogen and oxygen atoms in total. The Morgan fingerprint density at radius 3 is 0.881 bits per heavy atom. The first-order valence-corrected chi connectivity index (χ1v) is 44.7. The summed E-state index contributed by atoms with van der Waals surface area (Å²) in [7, 11) is -9.94. The van der Waals surface area contributed by atoms with Gasteiger partial charge in [0.05, 0.1) is 26.4 Å². The van der Waals surface area contributed by atoms with Crippen molar-refractivity contribution < 1.29 is 80.2 Å². The largest absolute Gasteiger partial charge is 0.472 e. The molecule has 3 unspecified atom stereocenters. The van der Waals surface area contributed by atoms with Crippen LogP contribution in [0.1, 0.15) is 402 Å². The number of aliphatic hydroxyl groups excluding tert-OH is 1. The highest BCUT2D eigenvalue weighted by atomic mass is 31.2. The maximum Gasteiger partial charge on any atom is 0.472 e. The summed E-state index contributed by atoms with van der Waals surface area (Å²) in [6.07, 6.45) is 63.1. The van der Waals surface area contributed by atoms with Gasteiger partial charge in [-0.1, -0.05) is 349 Å². The zero-order valence-electron chi connectivity index (χ0n) is 65.9. The van der Waals surface area contributed by atoms with Crippen LogP contribution in [0.2, 0.25) is 0 Å². The van der Waals surface area contributed by atoms with Crippen LogP contribution in [0, 0.1) is 17.8 Å². The molecule has 0 aliphatic heterocycles. The Kier molecular flexibility index (Phi) is 70.0. The predicted octanol–water partition coefficient (Wildman–Crippen LogP) is 24.1. The topological polar surface area (TPSA) is 237 Å². The smallest absolute Gasteiger partial charge is 0.462 e. The Labute approximate surface area is 618 Å². The summed E-state index contributed by atoms with van der Waals surface area (Å²) in [5.41, 5.74) is 0. The lowest BCUT2D eigenvalue weighted by atomic mass is 9.99. The van der Waals surface area contributed by atoms with E-state index < -0.39 is 97.5 Å².